The normalized spacial score (nSPS) is 11.5. The molecule has 1 atom stereocenters. The number of nitrogens with one attached hydrogen (secondary N) is 2. The predicted molar refractivity (Wildman–Crippen MR) is 66.2 cm³/mol. The standard InChI is InChI=1S/C11H21N3O4/c1-4-6-12-10(17)8(3)13-11(18)14(5-2)7-9(15)16/h8H,4-7H2,1-3H3,(H,12,17)(H,13,18)(H,15,16). The first-order valence-corrected chi connectivity index (χ1v) is 5.97. The zero-order valence-corrected chi connectivity index (χ0v) is 11.0. The quantitative estimate of drug-likeness (QED) is 0.600. The summed E-state index contributed by atoms with van der Waals surface area (Å²) in [6.45, 7) is 5.58. The van der Waals surface area contributed by atoms with Crippen LogP contribution in [0.1, 0.15) is 27.2 Å². The highest BCUT2D eigenvalue weighted by Crippen LogP contribution is 1.92. The molecule has 0 aromatic heterocycles. The molecule has 0 fully saturated rings. The number of hydrogen-bond donors (Lipinski definition) is 3. The number of amides is 3. The lowest BCUT2D eigenvalue weighted by Gasteiger charge is -2.22. The van der Waals surface area contributed by atoms with Crippen LogP contribution in [-0.2, 0) is 9.59 Å². The van der Waals surface area contributed by atoms with Gasteiger partial charge in [-0.05, 0) is 20.3 Å². The maximum atomic E-state index is 11.7. The van der Waals surface area contributed by atoms with E-state index in [1.54, 1.807) is 13.8 Å². The van der Waals surface area contributed by atoms with E-state index in [1.165, 1.54) is 0 Å². The Hall–Kier alpha value is -1.79. The highest BCUT2D eigenvalue weighted by molar-refractivity contribution is 5.87. The zero-order chi connectivity index (χ0) is 14.1. The molecule has 0 radical (unpaired) electrons. The van der Waals surface area contributed by atoms with Gasteiger partial charge < -0.3 is 20.6 Å². The SMILES string of the molecule is CCCNC(=O)C(C)NC(=O)N(CC)CC(=O)O. The number of likely N-dealkylation sites (N-methyl/N-ethyl adjacent to an activating group) is 1. The zero-order valence-electron chi connectivity index (χ0n) is 11.0. The second-order valence-corrected chi connectivity index (χ2v) is 3.87. The van der Waals surface area contributed by atoms with Crippen molar-refractivity contribution in [3.05, 3.63) is 0 Å². The molecule has 3 amide bonds. The Morgan fingerprint density at radius 1 is 1.28 bits per heavy atom. The smallest absolute Gasteiger partial charge is 0.323 e. The fourth-order valence-corrected chi connectivity index (χ4v) is 1.23. The van der Waals surface area contributed by atoms with Gasteiger partial charge in [0.25, 0.3) is 0 Å². The Bertz CT molecular complexity index is 307. The molecule has 0 heterocycles. The predicted octanol–water partition coefficient (Wildman–Crippen LogP) is 0.0172. The molecule has 0 rings (SSSR count). The summed E-state index contributed by atoms with van der Waals surface area (Å²) in [7, 11) is 0. The van der Waals surface area contributed by atoms with Crippen LogP contribution in [0, 0.1) is 0 Å². The fourth-order valence-electron chi connectivity index (χ4n) is 1.23. The number of carboxylic acids is 1. The summed E-state index contributed by atoms with van der Waals surface area (Å²) in [5.74, 6) is -1.37. The van der Waals surface area contributed by atoms with E-state index >= 15 is 0 Å². The van der Waals surface area contributed by atoms with Crippen LogP contribution in [0.4, 0.5) is 4.79 Å². The molecule has 7 heteroatoms. The lowest BCUT2D eigenvalue weighted by atomic mass is 10.3. The van der Waals surface area contributed by atoms with Crippen molar-refractivity contribution in [3.8, 4) is 0 Å². The number of hydrogen-bond acceptors (Lipinski definition) is 3. The van der Waals surface area contributed by atoms with Gasteiger partial charge in [-0.15, -0.1) is 0 Å². The molecule has 0 aliphatic rings. The van der Waals surface area contributed by atoms with E-state index in [-0.39, 0.29) is 19.0 Å². The lowest BCUT2D eigenvalue weighted by molar-refractivity contribution is -0.137. The van der Waals surface area contributed by atoms with Gasteiger partial charge in [-0.3, -0.25) is 9.59 Å². The van der Waals surface area contributed by atoms with E-state index in [9.17, 15) is 14.4 Å². The number of urea groups is 1. The van der Waals surface area contributed by atoms with Crippen LogP contribution in [0.5, 0.6) is 0 Å². The van der Waals surface area contributed by atoms with Crippen molar-refractivity contribution in [1.82, 2.24) is 15.5 Å². The molecule has 0 spiro atoms. The molecule has 0 aliphatic carbocycles. The molecule has 104 valence electrons. The highest BCUT2D eigenvalue weighted by atomic mass is 16.4. The second-order valence-electron chi connectivity index (χ2n) is 3.87. The van der Waals surface area contributed by atoms with Crippen LogP contribution in [0.15, 0.2) is 0 Å². The van der Waals surface area contributed by atoms with E-state index in [1.807, 2.05) is 6.92 Å². The number of carbonyl (C=O) groups is 3. The first-order valence-electron chi connectivity index (χ1n) is 5.97. The van der Waals surface area contributed by atoms with Crippen LogP contribution in [0.3, 0.4) is 0 Å². The summed E-state index contributed by atoms with van der Waals surface area (Å²) in [5, 5.41) is 13.7. The van der Waals surface area contributed by atoms with Gasteiger partial charge in [-0.2, -0.15) is 0 Å². The lowest BCUT2D eigenvalue weighted by Crippen LogP contribution is -2.50. The Morgan fingerprint density at radius 3 is 2.33 bits per heavy atom. The summed E-state index contributed by atoms with van der Waals surface area (Å²) < 4.78 is 0. The van der Waals surface area contributed by atoms with Crippen LogP contribution in [0.25, 0.3) is 0 Å². The van der Waals surface area contributed by atoms with Crippen LogP contribution in [0.2, 0.25) is 0 Å². The van der Waals surface area contributed by atoms with Gasteiger partial charge in [0.2, 0.25) is 5.91 Å². The van der Waals surface area contributed by atoms with Crippen molar-refractivity contribution in [2.45, 2.75) is 33.2 Å². The topological polar surface area (TPSA) is 98.7 Å². The Labute approximate surface area is 107 Å². The van der Waals surface area contributed by atoms with Gasteiger partial charge in [0.1, 0.15) is 12.6 Å². The van der Waals surface area contributed by atoms with E-state index in [0.717, 1.165) is 11.3 Å². The molecule has 7 nitrogen and oxygen atoms in total. The van der Waals surface area contributed by atoms with Crippen molar-refractivity contribution in [1.29, 1.82) is 0 Å². The highest BCUT2D eigenvalue weighted by Gasteiger charge is 2.20. The number of rotatable bonds is 7. The Kier molecular flexibility index (Phi) is 7.50. The maximum absolute atomic E-state index is 11.7. The van der Waals surface area contributed by atoms with Gasteiger partial charge in [-0.1, -0.05) is 6.92 Å². The van der Waals surface area contributed by atoms with Crippen LogP contribution in [-0.4, -0.2) is 53.6 Å². The molecule has 1 unspecified atom stereocenters. The summed E-state index contributed by atoms with van der Waals surface area (Å²) in [6.07, 6.45) is 0.812. The Morgan fingerprint density at radius 2 is 1.89 bits per heavy atom. The molecular weight excluding hydrogens is 238 g/mol. The average Bonchev–Trinajstić information content (AvgIpc) is 2.32. The third-order valence-electron chi connectivity index (χ3n) is 2.28. The summed E-state index contributed by atoms with van der Waals surface area (Å²) in [6, 6.07) is -1.24. The minimum absolute atomic E-state index is 0.265. The van der Waals surface area contributed by atoms with Gasteiger partial charge in [0.15, 0.2) is 0 Å². The largest absolute Gasteiger partial charge is 0.480 e. The average molecular weight is 259 g/mol. The monoisotopic (exact) mass is 259 g/mol. The van der Waals surface area contributed by atoms with Gasteiger partial charge >= 0.3 is 12.0 Å². The van der Waals surface area contributed by atoms with Crippen molar-refractivity contribution < 1.29 is 19.5 Å². The minimum Gasteiger partial charge on any atom is -0.480 e. The van der Waals surface area contributed by atoms with Crippen molar-refractivity contribution in [2.24, 2.45) is 0 Å². The van der Waals surface area contributed by atoms with E-state index in [4.69, 9.17) is 5.11 Å². The van der Waals surface area contributed by atoms with Gasteiger partial charge in [-0.25, -0.2) is 4.79 Å². The molecule has 0 saturated heterocycles. The third-order valence-corrected chi connectivity index (χ3v) is 2.28. The van der Waals surface area contributed by atoms with Gasteiger partial charge in [0, 0.05) is 13.1 Å². The van der Waals surface area contributed by atoms with E-state index in [2.05, 4.69) is 10.6 Å². The minimum atomic E-state index is -1.09. The van der Waals surface area contributed by atoms with Crippen molar-refractivity contribution in [2.75, 3.05) is 19.6 Å². The second kappa shape index (κ2) is 8.32. The van der Waals surface area contributed by atoms with Crippen molar-refractivity contribution >= 4 is 17.9 Å². The summed E-state index contributed by atoms with van der Waals surface area (Å²) >= 11 is 0. The summed E-state index contributed by atoms with van der Waals surface area (Å²) in [5.41, 5.74) is 0. The molecule has 0 bridgehead atoms. The first kappa shape index (κ1) is 16.2. The molecule has 0 aromatic carbocycles. The fraction of sp³-hybridized carbons (Fsp3) is 0.727. The molecule has 18 heavy (non-hydrogen) atoms. The maximum Gasteiger partial charge on any atom is 0.323 e. The molecular formula is C11H21N3O4. The number of nitrogens with zero attached hydrogens (tertiary/aromatic N) is 1. The van der Waals surface area contributed by atoms with Crippen LogP contribution >= 0.6 is 0 Å². The first-order chi connectivity index (χ1) is 8.42. The number of carbonyl (C=O) groups excluding carboxylic acids is 2. The Balaban J connectivity index is 4.26. The van der Waals surface area contributed by atoms with Crippen LogP contribution < -0.4 is 10.6 Å². The van der Waals surface area contributed by atoms with E-state index in [0.29, 0.717) is 6.54 Å². The molecule has 0 saturated carbocycles. The third kappa shape index (κ3) is 6.07. The number of aliphatic carboxylic acids is 1. The molecule has 0 aromatic rings. The van der Waals surface area contributed by atoms with Crippen molar-refractivity contribution in [3.63, 3.8) is 0 Å². The summed E-state index contributed by atoms with van der Waals surface area (Å²) in [4.78, 5) is 34.8. The van der Waals surface area contributed by atoms with E-state index < -0.39 is 18.0 Å². The molecule has 0 aliphatic heterocycles. The number of carboxylic acid groups (broad SMARTS) is 1. The molecule has 3 N–H and O–H groups in total. The van der Waals surface area contributed by atoms with Gasteiger partial charge in [0.05, 0.1) is 0 Å².